The van der Waals surface area contributed by atoms with Crippen LogP contribution in [0.25, 0.3) is 0 Å². The minimum Gasteiger partial charge on any atom is -0.464 e. The fourth-order valence-electron chi connectivity index (χ4n) is 0.516. The van der Waals surface area contributed by atoms with Crippen LogP contribution >= 0.6 is 0 Å². The van der Waals surface area contributed by atoms with E-state index in [1.165, 1.54) is 12.5 Å². The third kappa shape index (κ3) is 2.53. The average Bonchev–Trinajstić information content (AvgIpc) is 2.39. The van der Waals surface area contributed by atoms with E-state index in [2.05, 4.69) is 5.10 Å². The lowest BCUT2D eigenvalue weighted by molar-refractivity contribution is 0.195. The molecule has 58 valence electrons. The molecule has 0 spiro atoms. The van der Waals surface area contributed by atoms with Crippen molar-refractivity contribution in [3.63, 3.8) is 0 Å². The Morgan fingerprint density at radius 3 is 3.18 bits per heavy atom. The normalized spacial score (nSPS) is 10.2. The van der Waals surface area contributed by atoms with Gasteiger partial charge in [-0.1, -0.05) is 0 Å². The molecule has 2 N–H and O–H groups in total. The van der Waals surface area contributed by atoms with Gasteiger partial charge in [0.25, 0.3) is 0 Å². The van der Waals surface area contributed by atoms with Crippen LogP contribution in [0.5, 0.6) is 0 Å². The zero-order valence-corrected chi connectivity index (χ0v) is 5.52. The lowest BCUT2D eigenvalue weighted by Crippen LogP contribution is -2.13. The van der Waals surface area contributed by atoms with Crippen molar-refractivity contribution in [2.75, 3.05) is 0 Å². The summed E-state index contributed by atoms with van der Waals surface area (Å²) in [6, 6.07) is 3.34. The summed E-state index contributed by atoms with van der Waals surface area (Å²) < 4.78 is 4.83. The summed E-state index contributed by atoms with van der Waals surface area (Å²) in [5.41, 5.74) is 1.81. The summed E-state index contributed by atoms with van der Waals surface area (Å²) in [5, 5.41) is 11.4. The number of rotatable bonds is 2. The maximum atomic E-state index is 9.87. The van der Waals surface area contributed by atoms with E-state index in [1.54, 1.807) is 12.1 Å². The van der Waals surface area contributed by atoms with Crippen molar-refractivity contribution in [3.8, 4) is 0 Å². The molecule has 0 unspecified atom stereocenters. The molecule has 5 nitrogen and oxygen atoms in total. The molecule has 0 aliphatic carbocycles. The Bertz CT molecular complexity index is 253. The molecule has 0 radical (unpaired) electrons. The summed E-state index contributed by atoms with van der Waals surface area (Å²) >= 11 is 0. The van der Waals surface area contributed by atoms with E-state index < -0.39 is 6.09 Å². The van der Waals surface area contributed by atoms with Crippen molar-refractivity contribution in [2.45, 2.75) is 0 Å². The highest BCUT2D eigenvalue weighted by Gasteiger charge is 1.89. The number of hydrazone groups is 1. The van der Waals surface area contributed by atoms with Gasteiger partial charge in [-0.15, -0.1) is 0 Å². The third-order valence-electron chi connectivity index (χ3n) is 0.895. The molecule has 1 aromatic rings. The predicted molar refractivity (Wildman–Crippen MR) is 37.5 cm³/mol. The Labute approximate surface area is 62.3 Å². The van der Waals surface area contributed by atoms with E-state index in [1.807, 2.05) is 5.43 Å². The molecule has 0 fully saturated rings. The first-order chi connectivity index (χ1) is 5.29. The number of carboxylic acid groups (broad SMARTS) is 1. The van der Waals surface area contributed by atoms with Crippen LogP contribution in [0.1, 0.15) is 5.76 Å². The van der Waals surface area contributed by atoms with Gasteiger partial charge in [-0.3, -0.25) is 0 Å². The monoisotopic (exact) mass is 154 g/mol. The van der Waals surface area contributed by atoms with Gasteiger partial charge in [0.05, 0.1) is 12.5 Å². The van der Waals surface area contributed by atoms with Gasteiger partial charge < -0.3 is 9.52 Å². The predicted octanol–water partition coefficient (Wildman–Crippen LogP) is 0.881. The van der Waals surface area contributed by atoms with Crippen molar-refractivity contribution in [1.82, 2.24) is 5.43 Å². The molecule has 0 saturated heterocycles. The van der Waals surface area contributed by atoms with Crippen LogP contribution in [0.3, 0.4) is 0 Å². The first kappa shape index (κ1) is 7.33. The first-order valence-electron chi connectivity index (χ1n) is 2.84. The van der Waals surface area contributed by atoms with E-state index in [0.717, 1.165) is 0 Å². The maximum absolute atomic E-state index is 9.87. The van der Waals surface area contributed by atoms with Crippen molar-refractivity contribution in [2.24, 2.45) is 5.10 Å². The van der Waals surface area contributed by atoms with E-state index in [-0.39, 0.29) is 0 Å². The number of hydrogen-bond acceptors (Lipinski definition) is 3. The number of nitrogens with one attached hydrogen (secondary N) is 1. The van der Waals surface area contributed by atoms with Crippen LogP contribution in [-0.4, -0.2) is 17.4 Å². The molecule has 0 aromatic carbocycles. The molecule has 0 bridgehead atoms. The topological polar surface area (TPSA) is 74.8 Å². The van der Waals surface area contributed by atoms with Gasteiger partial charge in [0.15, 0.2) is 0 Å². The summed E-state index contributed by atoms with van der Waals surface area (Å²) in [4.78, 5) is 9.87. The second-order valence-corrected chi connectivity index (χ2v) is 1.69. The Morgan fingerprint density at radius 2 is 2.64 bits per heavy atom. The summed E-state index contributed by atoms with van der Waals surface area (Å²) in [6.07, 6.45) is 1.55. The number of amides is 1. The van der Waals surface area contributed by atoms with Crippen LogP contribution in [0.4, 0.5) is 4.79 Å². The molecule has 1 heterocycles. The molecule has 0 aliphatic rings. The number of carbonyl (C=O) groups is 1. The first-order valence-corrected chi connectivity index (χ1v) is 2.84. The van der Waals surface area contributed by atoms with E-state index >= 15 is 0 Å². The minimum absolute atomic E-state index is 0.499. The molecule has 0 saturated carbocycles. The summed E-state index contributed by atoms with van der Waals surface area (Å²) in [5.74, 6) is 0.499. The second kappa shape index (κ2) is 3.40. The van der Waals surface area contributed by atoms with Crippen LogP contribution in [0.15, 0.2) is 27.9 Å². The fraction of sp³-hybridized carbons (Fsp3) is 0. The van der Waals surface area contributed by atoms with E-state index in [4.69, 9.17) is 9.52 Å². The van der Waals surface area contributed by atoms with Crippen LogP contribution in [0.2, 0.25) is 0 Å². The van der Waals surface area contributed by atoms with Gasteiger partial charge in [-0.2, -0.15) is 5.10 Å². The third-order valence-corrected chi connectivity index (χ3v) is 0.895. The molecule has 1 rings (SSSR count). The maximum Gasteiger partial charge on any atom is 0.425 e. The van der Waals surface area contributed by atoms with Crippen molar-refractivity contribution < 1.29 is 14.3 Å². The second-order valence-electron chi connectivity index (χ2n) is 1.69. The Balaban J connectivity index is 2.43. The standard InChI is InChI=1S/C6H6N2O3/c9-6(10)8-7-4-5-2-1-3-11-5/h1-4,8H,(H,9,10). The molecule has 11 heavy (non-hydrogen) atoms. The number of hydrogen-bond donors (Lipinski definition) is 2. The quantitative estimate of drug-likeness (QED) is 0.490. The summed E-state index contributed by atoms with van der Waals surface area (Å²) in [7, 11) is 0. The van der Waals surface area contributed by atoms with Gasteiger partial charge in [-0.05, 0) is 12.1 Å². The molecular formula is C6H6N2O3. The van der Waals surface area contributed by atoms with Crippen LogP contribution < -0.4 is 5.43 Å². The van der Waals surface area contributed by atoms with Gasteiger partial charge in [0.1, 0.15) is 5.76 Å². The van der Waals surface area contributed by atoms with Crippen molar-refractivity contribution in [3.05, 3.63) is 24.2 Å². The lowest BCUT2D eigenvalue weighted by atomic mass is 10.5. The highest BCUT2D eigenvalue weighted by atomic mass is 16.4. The Morgan fingerprint density at radius 1 is 1.82 bits per heavy atom. The Hall–Kier alpha value is -1.78. The van der Waals surface area contributed by atoms with Crippen LogP contribution in [-0.2, 0) is 0 Å². The zero-order valence-electron chi connectivity index (χ0n) is 5.52. The zero-order chi connectivity index (χ0) is 8.10. The van der Waals surface area contributed by atoms with Gasteiger partial charge in [0.2, 0.25) is 0 Å². The smallest absolute Gasteiger partial charge is 0.425 e. The van der Waals surface area contributed by atoms with Crippen molar-refractivity contribution in [1.29, 1.82) is 0 Å². The van der Waals surface area contributed by atoms with Gasteiger partial charge >= 0.3 is 6.09 Å². The Kier molecular flexibility index (Phi) is 2.27. The molecule has 1 aromatic heterocycles. The number of nitrogens with zero attached hydrogens (tertiary/aromatic N) is 1. The van der Waals surface area contributed by atoms with Crippen molar-refractivity contribution >= 4 is 12.3 Å². The minimum atomic E-state index is -1.20. The molecular weight excluding hydrogens is 148 g/mol. The fourth-order valence-corrected chi connectivity index (χ4v) is 0.516. The average molecular weight is 154 g/mol. The van der Waals surface area contributed by atoms with E-state index in [9.17, 15) is 4.79 Å². The van der Waals surface area contributed by atoms with Crippen LogP contribution in [0, 0.1) is 0 Å². The largest absolute Gasteiger partial charge is 0.464 e. The van der Waals surface area contributed by atoms with Gasteiger partial charge in [-0.25, -0.2) is 10.2 Å². The summed E-state index contributed by atoms with van der Waals surface area (Å²) in [6.45, 7) is 0. The molecule has 5 heteroatoms. The molecule has 1 amide bonds. The lowest BCUT2D eigenvalue weighted by Gasteiger charge is -1.86. The van der Waals surface area contributed by atoms with Gasteiger partial charge in [0, 0.05) is 0 Å². The number of furan rings is 1. The molecule has 0 aliphatic heterocycles. The highest BCUT2D eigenvalue weighted by molar-refractivity contribution is 5.77. The van der Waals surface area contributed by atoms with E-state index in [0.29, 0.717) is 5.76 Å². The molecule has 0 atom stereocenters. The highest BCUT2D eigenvalue weighted by Crippen LogP contribution is 1.93. The SMILES string of the molecule is O=C(O)NN=Cc1ccco1.